The Bertz CT molecular complexity index is 1400. The van der Waals surface area contributed by atoms with Gasteiger partial charge in [-0.2, -0.15) is 0 Å². The van der Waals surface area contributed by atoms with E-state index >= 15 is 0 Å². The van der Waals surface area contributed by atoms with Crippen LogP contribution in [0.5, 0.6) is 11.5 Å². The Morgan fingerprint density at radius 3 is 2.49 bits per heavy atom. The topological polar surface area (TPSA) is 112 Å². The summed E-state index contributed by atoms with van der Waals surface area (Å²) in [7, 11) is 0. The Labute approximate surface area is 233 Å². The molecule has 2 atom stereocenters. The molecule has 3 aliphatic rings. The van der Waals surface area contributed by atoms with Crippen molar-refractivity contribution in [2.24, 2.45) is 5.92 Å². The molecule has 0 saturated carbocycles. The second-order valence-electron chi connectivity index (χ2n) is 11.1. The van der Waals surface area contributed by atoms with E-state index in [4.69, 9.17) is 21.1 Å². The van der Waals surface area contributed by atoms with E-state index < -0.39 is 11.9 Å². The highest BCUT2D eigenvalue weighted by Crippen LogP contribution is 2.53. The normalized spacial score (nSPS) is 21.8. The molecular formula is C29H36ClN3O6. The van der Waals surface area contributed by atoms with Gasteiger partial charge in [0.1, 0.15) is 6.10 Å². The number of nitrogens with zero attached hydrogens (tertiary/aromatic N) is 2. The average molecular weight is 558 g/mol. The summed E-state index contributed by atoms with van der Waals surface area (Å²) in [6, 6.07) is 1.91. The molecular weight excluding hydrogens is 522 g/mol. The van der Waals surface area contributed by atoms with Crippen molar-refractivity contribution in [2.45, 2.75) is 78.7 Å². The molecule has 5 rings (SSSR count). The second-order valence-corrected chi connectivity index (χ2v) is 11.5. The van der Waals surface area contributed by atoms with E-state index in [0.29, 0.717) is 78.5 Å². The van der Waals surface area contributed by atoms with Gasteiger partial charge in [-0.25, -0.2) is 0 Å². The Morgan fingerprint density at radius 2 is 1.85 bits per heavy atom. The number of H-pyrrole nitrogens is 1. The number of hydrogen-bond donors (Lipinski definition) is 2. The monoisotopic (exact) mass is 557 g/mol. The third-order valence-electron chi connectivity index (χ3n) is 8.49. The fraction of sp³-hybridized carbons (Fsp3) is 0.552. The van der Waals surface area contributed by atoms with Crippen LogP contribution in [0.2, 0.25) is 5.02 Å². The Kier molecular flexibility index (Phi) is 7.18. The Morgan fingerprint density at radius 1 is 1.18 bits per heavy atom. The number of piperidine rings is 1. The van der Waals surface area contributed by atoms with Crippen LogP contribution in [-0.2, 0) is 17.8 Å². The van der Waals surface area contributed by atoms with Gasteiger partial charge in [0.2, 0.25) is 0 Å². The van der Waals surface area contributed by atoms with E-state index in [2.05, 4.69) is 4.98 Å². The van der Waals surface area contributed by atoms with Crippen molar-refractivity contribution in [1.82, 2.24) is 14.8 Å². The van der Waals surface area contributed by atoms with E-state index in [1.54, 1.807) is 16.7 Å². The van der Waals surface area contributed by atoms with Crippen molar-refractivity contribution in [3.05, 3.63) is 55.0 Å². The second kappa shape index (κ2) is 10.2. The predicted octanol–water partition coefficient (Wildman–Crippen LogP) is 3.65. The van der Waals surface area contributed by atoms with Crippen LogP contribution in [0.4, 0.5) is 0 Å². The zero-order valence-electron chi connectivity index (χ0n) is 23.1. The van der Waals surface area contributed by atoms with E-state index in [1.807, 2.05) is 33.8 Å². The number of aliphatic hydroxyl groups excluding tert-OH is 1. The molecule has 4 heterocycles. The molecule has 1 saturated heterocycles. The lowest BCUT2D eigenvalue weighted by atomic mass is 9.89. The lowest BCUT2D eigenvalue weighted by Crippen LogP contribution is -2.51. The first-order chi connectivity index (χ1) is 18.4. The van der Waals surface area contributed by atoms with Gasteiger partial charge in [0.25, 0.3) is 23.2 Å². The maximum atomic E-state index is 13.7. The van der Waals surface area contributed by atoms with Crippen molar-refractivity contribution in [3.8, 4) is 11.5 Å². The summed E-state index contributed by atoms with van der Waals surface area (Å²) in [4.78, 5) is 45.0. The molecule has 0 aliphatic carbocycles. The number of rotatable bonds is 5. The smallest absolute Gasteiger partial charge is 0.254 e. The number of benzene rings is 1. The zero-order chi connectivity index (χ0) is 28.2. The molecule has 210 valence electrons. The van der Waals surface area contributed by atoms with Crippen LogP contribution in [-0.4, -0.2) is 63.2 Å². The van der Waals surface area contributed by atoms with Gasteiger partial charge in [0, 0.05) is 49.3 Å². The lowest BCUT2D eigenvalue weighted by molar-refractivity contribution is -0.149. The van der Waals surface area contributed by atoms with E-state index in [0.717, 1.165) is 16.8 Å². The molecule has 1 aromatic heterocycles. The molecule has 2 N–H and O–H groups in total. The number of aromatic nitrogens is 1. The average Bonchev–Trinajstić information content (AvgIpc) is 3.28. The van der Waals surface area contributed by atoms with E-state index in [-0.39, 0.29) is 29.8 Å². The summed E-state index contributed by atoms with van der Waals surface area (Å²) < 4.78 is 12.8. The molecule has 39 heavy (non-hydrogen) atoms. The highest BCUT2D eigenvalue weighted by atomic mass is 35.5. The number of pyridine rings is 1. The van der Waals surface area contributed by atoms with Gasteiger partial charge in [-0.05, 0) is 63.6 Å². The number of halogens is 1. The summed E-state index contributed by atoms with van der Waals surface area (Å²) in [6.07, 6.45) is 1.26. The minimum Gasteiger partial charge on any atom is -0.448 e. The minimum atomic E-state index is -0.992. The maximum absolute atomic E-state index is 13.7. The van der Waals surface area contributed by atoms with Crippen LogP contribution in [0.3, 0.4) is 0 Å². The van der Waals surface area contributed by atoms with Crippen molar-refractivity contribution in [1.29, 1.82) is 0 Å². The molecule has 10 heteroatoms. The molecule has 2 aromatic rings. The van der Waals surface area contributed by atoms with Gasteiger partial charge in [0.05, 0.1) is 17.1 Å². The van der Waals surface area contributed by atoms with Gasteiger partial charge >= 0.3 is 0 Å². The van der Waals surface area contributed by atoms with Gasteiger partial charge in [-0.3, -0.25) is 14.4 Å². The Hall–Kier alpha value is -3.04. The first-order valence-electron chi connectivity index (χ1n) is 13.6. The first-order valence-corrected chi connectivity index (χ1v) is 14.0. The number of amides is 2. The van der Waals surface area contributed by atoms with E-state index in [1.165, 1.54) is 0 Å². The maximum Gasteiger partial charge on any atom is 0.254 e. The number of likely N-dealkylation sites (tertiary alicyclic amines) is 1. The Balaban J connectivity index is 1.38. The summed E-state index contributed by atoms with van der Waals surface area (Å²) in [5, 5.41) is 10.3. The quantitative estimate of drug-likeness (QED) is 0.580. The molecule has 1 aromatic carbocycles. The number of aliphatic hydroxyl groups is 1. The highest BCUT2D eigenvalue weighted by Gasteiger charge is 2.49. The first kappa shape index (κ1) is 27.5. The van der Waals surface area contributed by atoms with Crippen molar-refractivity contribution >= 4 is 23.4 Å². The van der Waals surface area contributed by atoms with Gasteiger partial charge < -0.3 is 29.4 Å². The molecule has 0 radical (unpaired) electrons. The third kappa shape index (κ3) is 4.69. The number of carbonyl (C=O) groups is 2. The molecule has 0 spiro atoms. The zero-order valence-corrected chi connectivity index (χ0v) is 23.9. The molecule has 1 unspecified atom stereocenters. The number of ether oxygens (including phenoxy) is 2. The number of aryl methyl sites for hydroxylation is 2. The number of hydrogen-bond acceptors (Lipinski definition) is 6. The minimum absolute atomic E-state index is 0.0105. The summed E-state index contributed by atoms with van der Waals surface area (Å²) in [5.41, 5.74) is 3.95. The summed E-state index contributed by atoms with van der Waals surface area (Å²) in [6.45, 7) is 10.9. The van der Waals surface area contributed by atoms with Gasteiger partial charge in [-0.15, -0.1) is 0 Å². The SMILES string of the molecule is CC[C@@H](O)C(=O)N1CCC(C2(C)Oc3c(C)c4c(c(Cl)c3O2)CCN(Cc2c(C)cc(C)[nH]c2=O)C4=O)CC1. The molecule has 0 bridgehead atoms. The van der Waals surface area contributed by atoms with Crippen molar-refractivity contribution in [2.75, 3.05) is 19.6 Å². The molecule has 9 nitrogen and oxygen atoms in total. The highest BCUT2D eigenvalue weighted by molar-refractivity contribution is 6.34. The summed E-state index contributed by atoms with van der Waals surface area (Å²) >= 11 is 6.86. The number of nitrogens with one attached hydrogen (secondary N) is 1. The van der Waals surface area contributed by atoms with Crippen LogP contribution in [0.15, 0.2) is 10.9 Å². The van der Waals surface area contributed by atoms with Gasteiger partial charge in [-0.1, -0.05) is 18.5 Å². The predicted molar refractivity (Wildman–Crippen MR) is 146 cm³/mol. The number of fused-ring (bicyclic) bond motifs is 2. The van der Waals surface area contributed by atoms with Crippen LogP contribution in [0.1, 0.15) is 71.4 Å². The number of carbonyl (C=O) groups excluding carboxylic acids is 2. The van der Waals surface area contributed by atoms with Crippen molar-refractivity contribution < 1.29 is 24.2 Å². The molecule has 2 amide bonds. The lowest BCUT2D eigenvalue weighted by Gasteiger charge is -2.39. The van der Waals surface area contributed by atoms with Crippen LogP contribution in [0.25, 0.3) is 0 Å². The summed E-state index contributed by atoms with van der Waals surface area (Å²) in [5.74, 6) is -0.493. The van der Waals surface area contributed by atoms with Gasteiger partial charge in [0.15, 0.2) is 11.5 Å². The molecule has 3 aliphatic heterocycles. The molecule has 1 fully saturated rings. The van der Waals surface area contributed by atoms with Crippen LogP contribution >= 0.6 is 11.6 Å². The third-order valence-corrected chi connectivity index (χ3v) is 8.89. The van der Waals surface area contributed by atoms with Crippen LogP contribution < -0.4 is 15.0 Å². The fourth-order valence-corrected chi connectivity index (χ4v) is 6.44. The largest absolute Gasteiger partial charge is 0.448 e. The van der Waals surface area contributed by atoms with Crippen LogP contribution in [0, 0.1) is 26.7 Å². The number of aromatic amines is 1. The van der Waals surface area contributed by atoms with Crippen molar-refractivity contribution in [3.63, 3.8) is 0 Å². The fourth-order valence-electron chi connectivity index (χ4n) is 6.12. The van der Waals surface area contributed by atoms with E-state index in [9.17, 15) is 19.5 Å². The standard InChI is InChI=1S/C29H36ClN3O6/c1-6-21(34)27(36)32-10-7-18(8-11-32)29(5)38-24-17(4)22-19(23(30)25(24)39-29)9-12-33(28(22)37)14-20-15(2)13-16(3)31-26(20)35/h13,18,21,34H,6-12,14H2,1-5H3,(H,31,35)/t21-,29?/m1/s1.